The van der Waals surface area contributed by atoms with Gasteiger partial charge in [-0.2, -0.15) is 0 Å². The van der Waals surface area contributed by atoms with E-state index in [2.05, 4.69) is 251 Å². The van der Waals surface area contributed by atoms with Crippen molar-refractivity contribution >= 4 is 64.7 Å². The van der Waals surface area contributed by atoms with Crippen molar-refractivity contribution in [3.63, 3.8) is 0 Å². The van der Waals surface area contributed by atoms with Crippen molar-refractivity contribution in [2.45, 2.75) is 108 Å². The summed E-state index contributed by atoms with van der Waals surface area (Å²) in [5, 5.41) is 3.24. The van der Waals surface area contributed by atoms with E-state index < -0.39 is 8.07 Å². The van der Waals surface area contributed by atoms with Gasteiger partial charge in [0.2, 0.25) is 0 Å². The topological polar surface area (TPSA) is 6.48 Å². The van der Waals surface area contributed by atoms with Crippen molar-refractivity contribution in [3.05, 3.63) is 239 Å². The van der Waals surface area contributed by atoms with Gasteiger partial charge < -0.3 is 9.80 Å². The summed E-state index contributed by atoms with van der Waals surface area (Å²) in [4.78, 5) is 5.07. The molecule has 0 saturated carbocycles. The first-order valence-electron chi connectivity index (χ1n) is 28.5. The lowest BCUT2D eigenvalue weighted by molar-refractivity contribution is 0.594. The van der Waals surface area contributed by atoms with Gasteiger partial charge in [0.15, 0.2) is 0 Å². The first kappa shape index (κ1) is 47.0. The van der Waals surface area contributed by atoms with Crippen LogP contribution in [0.4, 0.5) is 34.1 Å². The molecule has 1 spiro atoms. The van der Waals surface area contributed by atoms with Gasteiger partial charge in [-0.25, -0.2) is 0 Å². The van der Waals surface area contributed by atoms with Crippen LogP contribution in [-0.4, -0.2) is 8.07 Å². The average molecular weight is 1000 g/mol. The Kier molecular flexibility index (Phi) is 11.2. The van der Waals surface area contributed by atoms with Crippen molar-refractivity contribution in [2.75, 3.05) is 9.80 Å². The highest BCUT2D eigenvalue weighted by Crippen LogP contribution is 2.55. The van der Waals surface area contributed by atoms with Gasteiger partial charge in [-0.3, -0.25) is 0 Å². The Balaban J connectivity index is 0.714. The van der Waals surface area contributed by atoms with Crippen LogP contribution in [0, 0.1) is 0 Å². The zero-order valence-electron chi connectivity index (χ0n) is 45.0. The van der Waals surface area contributed by atoms with Gasteiger partial charge in [-0.15, -0.1) is 0 Å². The molecule has 9 aromatic rings. The normalized spacial score (nSPS) is 16.7. The van der Waals surface area contributed by atoms with E-state index in [9.17, 15) is 0 Å². The number of fused-ring (bicyclic) bond motifs is 12. The molecule has 3 heterocycles. The molecule has 0 N–H and O–H groups in total. The van der Waals surface area contributed by atoms with E-state index in [4.69, 9.17) is 0 Å². The molecule has 1 saturated heterocycles. The number of anilines is 6. The molecule has 1 fully saturated rings. The van der Waals surface area contributed by atoms with Gasteiger partial charge >= 0.3 is 0 Å². The van der Waals surface area contributed by atoms with Crippen LogP contribution in [0.2, 0.25) is 12.1 Å². The highest BCUT2D eigenvalue weighted by Gasteiger charge is 2.47. The molecule has 5 aliphatic rings. The molecule has 0 amide bonds. The summed E-state index contributed by atoms with van der Waals surface area (Å²) in [6.07, 6.45) is 13.7. The molecule has 374 valence electrons. The smallest absolute Gasteiger partial charge is 0.123 e. The number of hydrogen-bond acceptors (Lipinski definition) is 2. The second-order valence-electron chi connectivity index (χ2n) is 23.7. The van der Waals surface area contributed by atoms with E-state index in [0.717, 1.165) is 0 Å². The maximum atomic E-state index is 2.54. The molecule has 0 radical (unpaired) electrons. The quantitative estimate of drug-likeness (QED) is 0.0765. The number of benzene rings is 9. The standard InChI is InChI=1S/C73H68N2Si/c1-6-7-8-9-20-55-60-21-10-12-23-66(60)75(67-24-13-11-22-61(55)67)54-38-42-59-57-40-32-50(46-63(57)73(4,5)65(59)48-54)30-29-49-31-39-56-58-41-35-52(47-64(58)72(2,3)62(56)45-49)51-33-36-53(37-34-51)74-68-25-14-16-27-70(68)76(43-18-19-44-76)71-28-17-15-26-69(71)74/h10-17,21-42,45-48,55H,6-9,18-20,43-44H2,1-5H3. The predicted molar refractivity (Wildman–Crippen MR) is 326 cm³/mol. The number of rotatable bonds is 10. The Morgan fingerprint density at radius 2 is 0.882 bits per heavy atom. The highest BCUT2D eigenvalue weighted by atomic mass is 28.3. The molecule has 14 rings (SSSR count). The first-order valence-corrected chi connectivity index (χ1v) is 30.9. The minimum absolute atomic E-state index is 0.137. The Labute approximate surface area is 452 Å². The maximum Gasteiger partial charge on any atom is 0.123 e. The number of hydrogen-bond donors (Lipinski definition) is 0. The molecule has 0 bridgehead atoms. The molecule has 3 heteroatoms. The van der Waals surface area contributed by atoms with Crippen molar-refractivity contribution in [2.24, 2.45) is 0 Å². The maximum absolute atomic E-state index is 2.54. The molecule has 0 atom stereocenters. The number of unbranched alkanes of at least 4 members (excludes halogenated alkanes) is 3. The van der Waals surface area contributed by atoms with Crippen molar-refractivity contribution in [1.29, 1.82) is 0 Å². The first-order chi connectivity index (χ1) is 37.1. The van der Waals surface area contributed by atoms with Crippen molar-refractivity contribution < 1.29 is 0 Å². The highest BCUT2D eigenvalue weighted by molar-refractivity contribution is 7.05. The zero-order chi connectivity index (χ0) is 51.3. The van der Waals surface area contributed by atoms with E-state index in [-0.39, 0.29) is 10.8 Å². The second kappa shape index (κ2) is 18.1. The third-order valence-electron chi connectivity index (χ3n) is 18.8. The summed E-state index contributed by atoms with van der Waals surface area (Å²) in [7, 11) is -1.76. The van der Waals surface area contributed by atoms with Gasteiger partial charge in [0.05, 0.1) is 0 Å². The summed E-state index contributed by atoms with van der Waals surface area (Å²) >= 11 is 0. The molecule has 9 aromatic carbocycles. The van der Waals surface area contributed by atoms with Gasteiger partial charge in [-0.05, 0) is 161 Å². The molecular weight excluding hydrogens is 933 g/mol. The van der Waals surface area contributed by atoms with E-state index in [0.29, 0.717) is 5.92 Å². The van der Waals surface area contributed by atoms with Crippen LogP contribution in [0.25, 0.3) is 45.5 Å². The zero-order valence-corrected chi connectivity index (χ0v) is 46.0. The van der Waals surface area contributed by atoms with Crippen LogP contribution in [0.1, 0.15) is 130 Å². The Morgan fingerprint density at radius 3 is 1.45 bits per heavy atom. The minimum atomic E-state index is -1.76. The van der Waals surface area contributed by atoms with E-state index in [1.807, 2.05) is 0 Å². The van der Waals surface area contributed by atoms with Gasteiger partial charge in [0.1, 0.15) is 8.07 Å². The lowest BCUT2D eigenvalue weighted by Crippen LogP contribution is -2.60. The molecule has 0 unspecified atom stereocenters. The van der Waals surface area contributed by atoms with Crippen LogP contribution >= 0.6 is 0 Å². The fourth-order valence-electron chi connectivity index (χ4n) is 14.9. The third kappa shape index (κ3) is 7.25. The lowest BCUT2D eigenvalue weighted by atomic mass is 9.80. The van der Waals surface area contributed by atoms with Crippen LogP contribution in [0.15, 0.2) is 194 Å². The molecular formula is C73H68N2Si. The van der Waals surface area contributed by atoms with Gasteiger partial charge in [-0.1, -0.05) is 225 Å². The van der Waals surface area contributed by atoms with Crippen LogP contribution in [0.5, 0.6) is 0 Å². The fourth-order valence-corrected chi connectivity index (χ4v) is 20.4. The molecule has 2 aliphatic carbocycles. The monoisotopic (exact) mass is 1000 g/mol. The van der Waals surface area contributed by atoms with Crippen molar-refractivity contribution in [3.8, 4) is 33.4 Å². The van der Waals surface area contributed by atoms with Crippen molar-refractivity contribution in [1.82, 2.24) is 0 Å². The van der Waals surface area contributed by atoms with Crippen LogP contribution < -0.4 is 20.2 Å². The molecule has 3 aliphatic heterocycles. The number of nitrogens with zero attached hydrogens (tertiary/aromatic N) is 2. The Hall–Kier alpha value is -7.46. The van der Waals surface area contributed by atoms with Gasteiger partial charge in [0.25, 0.3) is 0 Å². The molecule has 0 aromatic heterocycles. The van der Waals surface area contributed by atoms with E-state index in [1.54, 1.807) is 10.4 Å². The van der Waals surface area contributed by atoms with Crippen LogP contribution in [-0.2, 0) is 10.8 Å². The third-order valence-corrected chi connectivity index (χ3v) is 24.1. The minimum Gasteiger partial charge on any atom is -0.311 e. The summed E-state index contributed by atoms with van der Waals surface area (Å²) in [5.41, 5.74) is 26.4. The predicted octanol–water partition coefficient (Wildman–Crippen LogP) is 19.2. The second-order valence-corrected chi connectivity index (χ2v) is 28.0. The summed E-state index contributed by atoms with van der Waals surface area (Å²) in [5.74, 6) is 0.417. The van der Waals surface area contributed by atoms with Gasteiger partial charge in [0, 0.05) is 50.9 Å². The lowest BCUT2D eigenvalue weighted by Gasteiger charge is -2.42. The summed E-state index contributed by atoms with van der Waals surface area (Å²) < 4.78 is 0. The molecule has 76 heavy (non-hydrogen) atoms. The summed E-state index contributed by atoms with van der Waals surface area (Å²) in [6, 6.07) is 77.7. The summed E-state index contributed by atoms with van der Waals surface area (Å²) in [6.45, 7) is 11.9. The van der Waals surface area contributed by atoms with Crippen LogP contribution in [0.3, 0.4) is 0 Å². The Morgan fingerprint density at radius 1 is 0.434 bits per heavy atom. The van der Waals surface area contributed by atoms with E-state index in [1.165, 1.54) is 169 Å². The van der Waals surface area contributed by atoms with E-state index >= 15 is 0 Å². The largest absolute Gasteiger partial charge is 0.311 e. The molecule has 2 nitrogen and oxygen atoms in total. The SMILES string of the molecule is CCCCCCC1c2ccccc2N(c2ccc3c(c2)C(C)(C)c2cc(C=Cc4ccc5c(c4)C(C)(C)c4cc(-c6ccc(N7c8ccccc8[Si]8(CCCC8)c8ccccc87)cc6)ccc4-5)ccc2-3)c2ccccc21. The fraction of sp³-hybridized carbons (Fsp3) is 0.233. The average Bonchev–Trinajstić information content (AvgIpc) is 4.13. The Bertz CT molecular complexity index is 3690. The number of para-hydroxylation sites is 4.